The average Bonchev–Trinajstić information content (AvgIpc) is 3.07. The number of fused-ring (bicyclic) bond motifs is 3. The lowest BCUT2D eigenvalue weighted by Gasteiger charge is -2.36. The van der Waals surface area contributed by atoms with E-state index in [2.05, 4.69) is 15.1 Å². The van der Waals surface area contributed by atoms with Crippen molar-refractivity contribution < 1.29 is 14.0 Å². The van der Waals surface area contributed by atoms with Gasteiger partial charge in [-0.2, -0.15) is 4.98 Å². The van der Waals surface area contributed by atoms with Crippen molar-refractivity contribution in [2.24, 2.45) is 0 Å². The molecule has 0 spiro atoms. The summed E-state index contributed by atoms with van der Waals surface area (Å²) in [4.78, 5) is 14.8. The van der Waals surface area contributed by atoms with Crippen LogP contribution in [-0.2, 0) is 17.6 Å². The summed E-state index contributed by atoms with van der Waals surface area (Å²) in [5, 5.41) is 13.1. The van der Waals surface area contributed by atoms with Crippen molar-refractivity contribution >= 4 is 28.6 Å². The first-order valence-electron chi connectivity index (χ1n) is 10.5. The molecular weight excluding hydrogens is 405 g/mol. The quantitative estimate of drug-likeness (QED) is 0.700. The maximum absolute atomic E-state index is 13.7. The van der Waals surface area contributed by atoms with Gasteiger partial charge in [-0.1, -0.05) is 6.07 Å². The molecule has 6 rings (SSSR count). The zero-order valence-corrected chi connectivity index (χ0v) is 17.4. The van der Waals surface area contributed by atoms with Gasteiger partial charge in [-0.3, -0.25) is 0 Å². The summed E-state index contributed by atoms with van der Waals surface area (Å²) in [6, 6.07) is 7.35. The summed E-state index contributed by atoms with van der Waals surface area (Å²) in [5.41, 5.74) is 1.46. The monoisotopic (exact) mass is 429 g/mol. The molecule has 3 atom stereocenters. The van der Waals surface area contributed by atoms with Crippen LogP contribution in [0.2, 0.25) is 0 Å². The predicted molar refractivity (Wildman–Crippen MR) is 113 cm³/mol. The highest BCUT2D eigenvalue weighted by molar-refractivity contribution is 7.91. The van der Waals surface area contributed by atoms with Crippen LogP contribution in [0.1, 0.15) is 25.0 Å². The lowest BCUT2D eigenvalue weighted by atomic mass is 10.2. The van der Waals surface area contributed by atoms with Crippen molar-refractivity contribution in [2.45, 2.75) is 48.2 Å². The number of rotatable bonds is 5. The normalized spacial score (nSPS) is 28.2. The van der Waals surface area contributed by atoms with Crippen LogP contribution in [0.4, 0.5) is 21.8 Å². The van der Waals surface area contributed by atoms with E-state index in [1.165, 1.54) is 6.07 Å². The third-order valence-electron chi connectivity index (χ3n) is 6.85. The van der Waals surface area contributed by atoms with Crippen molar-refractivity contribution in [3.8, 4) is 0 Å². The van der Waals surface area contributed by atoms with Crippen LogP contribution in [0.5, 0.6) is 0 Å². The van der Waals surface area contributed by atoms with Crippen molar-refractivity contribution in [1.82, 2.24) is 9.97 Å². The fourth-order valence-electron chi connectivity index (χ4n) is 5.00. The molecule has 2 aromatic rings. The van der Waals surface area contributed by atoms with E-state index < -0.39 is 11.2 Å². The molecule has 2 N–H and O–H groups in total. The van der Waals surface area contributed by atoms with Crippen LogP contribution in [-0.4, -0.2) is 62.7 Å². The lowest BCUT2D eigenvalue weighted by molar-refractivity contribution is 0.265. The van der Waals surface area contributed by atoms with Gasteiger partial charge < -0.3 is 24.8 Å². The van der Waals surface area contributed by atoms with Crippen LogP contribution in [0.15, 0.2) is 29.2 Å². The van der Waals surface area contributed by atoms with Gasteiger partial charge in [0.1, 0.15) is 17.3 Å². The first-order chi connectivity index (χ1) is 14.5. The second kappa shape index (κ2) is 6.70. The van der Waals surface area contributed by atoms with Crippen LogP contribution in [0, 0.1) is 5.82 Å². The van der Waals surface area contributed by atoms with E-state index in [4.69, 9.17) is 9.97 Å². The van der Waals surface area contributed by atoms with Gasteiger partial charge in [0, 0.05) is 31.2 Å². The molecule has 1 saturated carbocycles. The Labute approximate surface area is 177 Å². The Morgan fingerprint density at radius 3 is 2.73 bits per heavy atom. The molecule has 3 unspecified atom stereocenters. The van der Waals surface area contributed by atoms with E-state index in [9.17, 15) is 14.0 Å². The number of benzene rings is 1. The number of hydrogen-bond donors (Lipinski definition) is 2. The molecule has 2 saturated heterocycles. The third kappa shape index (κ3) is 2.94. The Morgan fingerprint density at radius 2 is 2.03 bits per heavy atom. The Kier molecular flexibility index (Phi) is 4.16. The molecule has 30 heavy (non-hydrogen) atoms. The molecule has 7 nitrogen and oxygen atoms in total. The Morgan fingerprint density at radius 1 is 1.23 bits per heavy atom. The largest absolute Gasteiger partial charge is 0.611 e. The summed E-state index contributed by atoms with van der Waals surface area (Å²) in [6.07, 6.45) is 3.46. The molecule has 1 aromatic heterocycles. The van der Waals surface area contributed by atoms with Gasteiger partial charge in [0.2, 0.25) is 10.8 Å². The zero-order chi connectivity index (χ0) is 20.5. The van der Waals surface area contributed by atoms with Gasteiger partial charge >= 0.3 is 0 Å². The van der Waals surface area contributed by atoms with Crippen LogP contribution >= 0.6 is 0 Å². The maximum atomic E-state index is 13.7. The number of aliphatic hydroxyl groups excluding tert-OH is 1. The standard InChI is InChI=1S/C21H24FN5O2S/c22-13-2-1-3-14(8-13)26-10-16-9-15(26)11-27(16)20-23-17-4-7-30(29)18(17)19(24-20)25-21(12-28)5-6-21/h1-3,8,15-16,28H,4-7,9-12H2,(H,23,24,25). The van der Waals surface area contributed by atoms with E-state index in [1.54, 1.807) is 12.1 Å². The minimum absolute atomic E-state index is 0.0464. The molecule has 9 heteroatoms. The summed E-state index contributed by atoms with van der Waals surface area (Å²) >= 11 is -1.09. The van der Waals surface area contributed by atoms with E-state index in [1.807, 2.05) is 6.07 Å². The Bertz CT molecular complexity index is 1000. The highest BCUT2D eigenvalue weighted by Crippen LogP contribution is 2.43. The van der Waals surface area contributed by atoms with Gasteiger partial charge in [-0.05, 0) is 48.6 Å². The van der Waals surface area contributed by atoms with Crippen LogP contribution in [0.25, 0.3) is 0 Å². The third-order valence-corrected chi connectivity index (χ3v) is 8.31. The second-order valence-corrected chi connectivity index (χ2v) is 10.3. The number of aromatic nitrogens is 2. The van der Waals surface area contributed by atoms with E-state index >= 15 is 0 Å². The SMILES string of the molecule is [O-][S+]1CCc2nc(N3CC4CC3CN4c3cccc(F)c3)nc(NC3(CO)CC3)c21. The molecule has 0 amide bonds. The summed E-state index contributed by atoms with van der Waals surface area (Å²) in [7, 11) is 0. The fourth-order valence-corrected chi connectivity index (χ4v) is 6.31. The van der Waals surface area contributed by atoms with Crippen molar-refractivity contribution in [3.63, 3.8) is 0 Å². The number of nitrogens with zero attached hydrogens (tertiary/aromatic N) is 4. The summed E-state index contributed by atoms with van der Waals surface area (Å²) in [5.74, 6) is 1.67. The number of nitrogens with one attached hydrogen (secondary N) is 1. The maximum Gasteiger partial charge on any atom is 0.228 e. The minimum atomic E-state index is -1.09. The molecule has 2 bridgehead atoms. The molecule has 1 aromatic carbocycles. The molecule has 158 valence electrons. The van der Waals surface area contributed by atoms with E-state index in [-0.39, 0.29) is 24.0 Å². The van der Waals surface area contributed by atoms with Crippen molar-refractivity contribution in [2.75, 3.05) is 40.6 Å². The van der Waals surface area contributed by atoms with Crippen LogP contribution in [0.3, 0.4) is 0 Å². The molecule has 3 fully saturated rings. The molecule has 1 aliphatic carbocycles. The lowest BCUT2D eigenvalue weighted by Crippen LogP contribution is -2.47. The number of aryl methyl sites for hydroxylation is 1. The zero-order valence-electron chi connectivity index (χ0n) is 16.6. The second-order valence-electron chi connectivity index (χ2n) is 8.84. The number of anilines is 3. The predicted octanol–water partition coefficient (Wildman–Crippen LogP) is 1.68. The first-order valence-corrected chi connectivity index (χ1v) is 11.8. The minimum Gasteiger partial charge on any atom is -0.611 e. The van der Waals surface area contributed by atoms with E-state index in [0.29, 0.717) is 34.9 Å². The average molecular weight is 430 g/mol. The highest BCUT2D eigenvalue weighted by Gasteiger charge is 2.47. The molecule has 3 aliphatic heterocycles. The van der Waals surface area contributed by atoms with Crippen molar-refractivity contribution in [1.29, 1.82) is 0 Å². The smallest absolute Gasteiger partial charge is 0.228 e. The first kappa shape index (κ1) is 18.7. The summed E-state index contributed by atoms with van der Waals surface area (Å²) < 4.78 is 26.2. The number of hydrogen-bond acceptors (Lipinski definition) is 7. The highest BCUT2D eigenvalue weighted by atomic mass is 32.2. The van der Waals surface area contributed by atoms with Gasteiger partial charge in [0.25, 0.3) is 0 Å². The number of aliphatic hydroxyl groups is 1. The molecule has 0 radical (unpaired) electrons. The Balaban J connectivity index is 1.28. The summed E-state index contributed by atoms with van der Waals surface area (Å²) in [6.45, 7) is 1.64. The Hall–Kier alpha value is -2.10. The number of halogens is 1. The van der Waals surface area contributed by atoms with Gasteiger partial charge in [-0.15, -0.1) is 0 Å². The van der Waals surface area contributed by atoms with Gasteiger partial charge in [0.05, 0.1) is 18.2 Å². The molecule has 4 aliphatic rings. The van der Waals surface area contributed by atoms with Crippen molar-refractivity contribution in [3.05, 3.63) is 35.8 Å². The molecule has 4 heterocycles. The fraction of sp³-hybridized carbons (Fsp3) is 0.524. The topological polar surface area (TPSA) is 87.6 Å². The van der Waals surface area contributed by atoms with Gasteiger partial charge in [-0.25, -0.2) is 9.37 Å². The molecular formula is C21H24FN5O2S. The van der Waals surface area contributed by atoms with Crippen LogP contribution < -0.4 is 15.1 Å². The van der Waals surface area contributed by atoms with Gasteiger partial charge in [0.15, 0.2) is 5.82 Å². The van der Waals surface area contributed by atoms with E-state index in [0.717, 1.165) is 43.7 Å². The number of piperazine rings is 1.